The Morgan fingerprint density at radius 2 is 2.39 bits per heavy atom. The van der Waals surface area contributed by atoms with Gasteiger partial charge in [0, 0.05) is 32.4 Å². The van der Waals surface area contributed by atoms with E-state index in [9.17, 15) is 4.79 Å². The van der Waals surface area contributed by atoms with Gasteiger partial charge in [-0.2, -0.15) is 5.10 Å². The van der Waals surface area contributed by atoms with Gasteiger partial charge in [0.1, 0.15) is 5.41 Å². The van der Waals surface area contributed by atoms with Gasteiger partial charge in [-0.25, -0.2) is 0 Å². The lowest BCUT2D eigenvalue weighted by Gasteiger charge is -2.22. The molecule has 2 rings (SSSR count). The van der Waals surface area contributed by atoms with Crippen molar-refractivity contribution in [3.05, 3.63) is 18.0 Å². The molecule has 1 amide bonds. The molecule has 7 heteroatoms. The highest BCUT2D eigenvalue weighted by molar-refractivity contribution is 6.09. The van der Waals surface area contributed by atoms with Crippen molar-refractivity contribution < 1.29 is 10.0 Å². The number of oxime groups is 1. The molecule has 0 saturated heterocycles. The molecule has 1 saturated carbocycles. The molecule has 18 heavy (non-hydrogen) atoms. The highest BCUT2D eigenvalue weighted by atomic mass is 16.4. The summed E-state index contributed by atoms with van der Waals surface area (Å²) >= 11 is 0. The van der Waals surface area contributed by atoms with Gasteiger partial charge in [-0.15, -0.1) is 0 Å². The largest absolute Gasteiger partial charge is 0.409 e. The maximum Gasteiger partial charge on any atom is 0.236 e. The standard InChI is InChI=1S/C11H17N5O2/c1-15(6-8-5-13-16(2)7-8)10(17)11(3-4-11)9(12)14-18/h5,7,18H,3-4,6H2,1-2H3,(H2,12,14). The van der Waals surface area contributed by atoms with Crippen LogP contribution in [0, 0.1) is 5.41 Å². The first-order valence-electron chi connectivity index (χ1n) is 5.71. The quantitative estimate of drug-likeness (QED) is 0.338. The second kappa shape index (κ2) is 4.32. The van der Waals surface area contributed by atoms with Crippen LogP contribution in [0.1, 0.15) is 18.4 Å². The Morgan fingerprint density at radius 1 is 1.72 bits per heavy atom. The Kier molecular flexibility index (Phi) is 2.98. The minimum Gasteiger partial charge on any atom is -0.409 e. The number of aromatic nitrogens is 2. The summed E-state index contributed by atoms with van der Waals surface area (Å²) in [6, 6.07) is 0. The Bertz CT molecular complexity index is 489. The molecule has 0 unspecified atom stereocenters. The average Bonchev–Trinajstić information content (AvgIpc) is 3.07. The van der Waals surface area contributed by atoms with E-state index < -0.39 is 5.41 Å². The maximum atomic E-state index is 12.3. The Labute approximate surface area is 105 Å². The first-order chi connectivity index (χ1) is 8.49. The number of nitrogens with zero attached hydrogens (tertiary/aromatic N) is 4. The van der Waals surface area contributed by atoms with Crippen molar-refractivity contribution >= 4 is 11.7 Å². The van der Waals surface area contributed by atoms with Crippen molar-refractivity contribution in [1.29, 1.82) is 0 Å². The number of amides is 1. The summed E-state index contributed by atoms with van der Waals surface area (Å²) in [7, 11) is 3.53. The lowest BCUT2D eigenvalue weighted by Crippen LogP contribution is -2.41. The van der Waals surface area contributed by atoms with E-state index in [4.69, 9.17) is 10.9 Å². The minimum atomic E-state index is -0.786. The minimum absolute atomic E-state index is 0.00513. The average molecular weight is 251 g/mol. The zero-order valence-electron chi connectivity index (χ0n) is 10.5. The van der Waals surface area contributed by atoms with Crippen molar-refractivity contribution in [2.24, 2.45) is 23.4 Å². The van der Waals surface area contributed by atoms with E-state index >= 15 is 0 Å². The van der Waals surface area contributed by atoms with Gasteiger partial charge in [0.15, 0.2) is 5.84 Å². The monoisotopic (exact) mass is 251 g/mol. The molecule has 0 atom stereocenters. The Hall–Kier alpha value is -2.05. The molecule has 0 aromatic carbocycles. The van der Waals surface area contributed by atoms with Gasteiger partial charge in [0.2, 0.25) is 5.91 Å². The number of carbonyl (C=O) groups excluding carboxylic acids is 1. The molecular weight excluding hydrogens is 234 g/mol. The fraction of sp³-hybridized carbons (Fsp3) is 0.545. The van der Waals surface area contributed by atoms with Crippen molar-refractivity contribution in [2.45, 2.75) is 19.4 Å². The number of carbonyl (C=O) groups is 1. The lowest BCUT2D eigenvalue weighted by atomic mass is 10.0. The van der Waals surface area contributed by atoms with E-state index in [1.54, 1.807) is 22.8 Å². The fourth-order valence-corrected chi connectivity index (χ4v) is 2.06. The van der Waals surface area contributed by atoms with Crippen LogP contribution in [0.25, 0.3) is 0 Å². The summed E-state index contributed by atoms with van der Waals surface area (Å²) in [5, 5.41) is 15.7. The number of amidine groups is 1. The van der Waals surface area contributed by atoms with Gasteiger partial charge in [-0.1, -0.05) is 5.16 Å². The first kappa shape index (κ1) is 12.4. The third-order valence-electron chi connectivity index (χ3n) is 3.28. The summed E-state index contributed by atoms with van der Waals surface area (Å²) in [5.41, 5.74) is 5.75. The van der Waals surface area contributed by atoms with E-state index in [-0.39, 0.29) is 11.7 Å². The molecule has 1 heterocycles. The molecule has 0 spiro atoms. The van der Waals surface area contributed by atoms with Crippen molar-refractivity contribution in [2.75, 3.05) is 7.05 Å². The maximum absolute atomic E-state index is 12.3. The third-order valence-corrected chi connectivity index (χ3v) is 3.28. The van der Waals surface area contributed by atoms with Crippen molar-refractivity contribution in [3.63, 3.8) is 0 Å². The second-order valence-electron chi connectivity index (χ2n) is 4.75. The summed E-state index contributed by atoms with van der Waals surface area (Å²) in [5.74, 6) is -0.104. The molecule has 7 nitrogen and oxygen atoms in total. The van der Waals surface area contributed by atoms with Crippen LogP contribution in [0.5, 0.6) is 0 Å². The molecular formula is C11H17N5O2. The van der Waals surface area contributed by atoms with Crippen LogP contribution in [0.4, 0.5) is 0 Å². The van der Waals surface area contributed by atoms with E-state index in [0.29, 0.717) is 19.4 Å². The van der Waals surface area contributed by atoms with Gasteiger partial charge in [-0.05, 0) is 12.8 Å². The summed E-state index contributed by atoms with van der Waals surface area (Å²) < 4.78 is 1.68. The fourth-order valence-electron chi connectivity index (χ4n) is 2.06. The lowest BCUT2D eigenvalue weighted by molar-refractivity contribution is -0.133. The number of rotatable bonds is 4. The molecule has 0 aliphatic heterocycles. The molecule has 0 bridgehead atoms. The van der Waals surface area contributed by atoms with Crippen LogP contribution in [0.3, 0.4) is 0 Å². The van der Waals surface area contributed by atoms with Gasteiger partial charge in [0.25, 0.3) is 0 Å². The number of hydrogen-bond donors (Lipinski definition) is 2. The van der Waals surface area contributed by atoms with Crippen molar-refractivity contribution in [1.82, 2.24) is 14.7 Å². The molecule has 1 fully saturated rings. The van der Waals surface area contributed by atoms with Crippen LogP contribution < -0.4 is 5.73 Å². The summed E-state index contributed by atoms with van der Waals surface area (Å²) in [6.07, 6.45) is 4.85. The molecule has 1 aliphatic carbocycles. The molecule has 98 valence electrons. The summed E-state index contributed by atoms with van der Waals surface area (Å²) in [6.45, 7) is 0.465. The Morgan fingerprint density at radius 3 is 2.83 bits per heavy atom. The van der Waals surface area contributed by atoms with Crippen LogP contribution in [-0.2, 0) is 18.4 Å². The van der Waals surface area contributed by atoms with Gasteiger partial charge in [0.05, 0.1) is 6.20 Å². The summed E-state index contributed by atoms with van der Waals surface area (Å²) in [4.78, 5) is 13.9. The zero-order chi connectivity index (χ0) is 13.3. The first-order valence-corrected chi connectivity index (χ1v) is 5.71. The van der Waals surface area contributed by atoms with E-state index in [0.717, 1.165) is 5.56 Å². The topological polar surface area (TPSA) is 96.7 Å². The molecule has 1 aliphatic rings. The SMILES string of the molecule is CN(Cc1cnn(C)c1)C(=O)C1(C(N)=NO)CC1. The van der Waals surface area contributed by atoms with Crippen LogP contribution >= 0.6 is 0 Å². The van der Waals surface area contributed by atoms with Gasteiger partial charge in [-0.3, -0.25) is 9.48 Å². The predicted octanol–water partition coefficient (Wildman–Crippen LogP) is -0.0949. The smallest absolute Gasteiger partial charge is 0.236 e. The van der Waals surface area contributed by atoms with Gasteiger partial charge >= 0.3 is 0 Å². The molecule has 0 radical (unpaired) electrons. The van der Waals surface area contributed by atoms with Crippen molar-refractivity contribution in [3.8, 4) is 0 Å². The highest BCUT2D eigenvalue weighted by Gasteiger charge is 2.55. The molecule has 1 aromatic heterocycles. The highest BCUT2D eigenvalue weighted by Crippen LogP contribution is 2.47. The zero-order valence-corrected chi connectivity index (χ0v) is 10.5. The predicted molar refractivity (Wildman–Crippen MR) is 64.8 cm³/mol. The molecule has 1 aromatic rings. The number of aryl methyl sites for hydroxylation is 1. The van der Waals surface area contributed by atoms with E-state index in [2.05, 4.69) is 10.3 Å². The number of hydrogen-bond acceptors (Lipinski definition) is 4. The van der Waals surface area contributed by atoms with Gasteiger partial charge < -0.3 is 15.8 Å². The van der Waals surface area contributed by atoms with Crippen LogP contribution in [0.2, 0.25) is 0 Å². The second-order valence-corrected chi connectivity index (χ2v) is 4.75. The normalized spacial score (nSPS) is 17.6. The van der Waals surface area contributed by atoms with Crippen LogP contribution in [-0.4, -0.2) is 38.7 Å². The Balaban J connectivity index is 2.06. The van der Waals surface area contributed by atoms with E-state index in [1.807, 2.05) is 13.2 Å². The number of nitrogens with two attached hydrogens (primary N) is 1. The van der Waals surface area contributed by atoms with E-state index in [1.165, 1.54) is 0 Å². The van der Waals surface area contributed by atoms with Crippen LogP contribution in [0.15, 0.2) is 17.5 Å². The molecule has 3 N–H and O–H groups in total. The third kappa shape index (κ3) is 2.03.